The van der Waals surface area contributed by atoms with E-state index in [0.717, 1.165) is 27.9 Å². The van der Waals surface area contributed by atoms with Crippen molar-refractivity contribution in [1.82, 2.24) is 0 Å². The van der Waals surface area contributed by atoms with Crippen molar-refractivity contribution in [3.05, 3.63) is 33.3 Å². The molecule has 0 saturated carbocycles. The Balaban J connectivity index is 2.68. The highest BCUT2D eigenvalue weighted by Crippen LogP contribution is 2.25. The van der Waals surface area contributed by atoms with E-state index in [-0.39, 0.29) is 6.04 Å². The minimum absolute atomic E-state index is 0.0856. The quantitative estimate of drug-likeness (QED) is 0.865. The van der Waals surface area contributed by atoms with Crippen LogP contribution >= 0.6 is 27.5 Å². The molecule has 1 nitrogen and oxygen atoms in total. The summed E-state index contributed by atoms with van der Waals surface area (Å²) in [7, 11) is 0. The van der Waals surface area contributed by atoms with Gasteiger partial charge in [0.05, 0.1) is 0 Å². The third-order valence-corrected chi connectivity index (χ3v) is 3.04. The molecule has 0 radical (unpaired) electrons. The first-order valence-corrected chi connectivity index (χ1v) is 6.37. The summed E-state index contributed by atoms with van der Waals surface area (Å²) in [6.07, 6.45) is 2.15. The zero-order valence-corrected chi connectivity index (χ0v) is 11.5. The van der Waals surface area contributed by atoms with E-state index in [2.05, 4.69) is 29.8 Å². The first-order valence-electron chi connectivity index (χ1n) is 5.20. The van der Waals surface area contributed by atoms with E-state index in [1.807, 2.05) is 18.2 Å². The molecule has 84 valence electrons. The Hall–Kier alpha value is -0.0500. The highest BCUT2D eigenvalue weighted by molar-refractivity contribution is 9.10. The van der Waals surface area contributed by atoms with E-state index < -0.39 is 0 Å². The van der Waals surface area contributed by atoms with Gasteiger partial charge in [-0.05, 0) is 42.5 Å². The van der Waals surface area contributed by atoms with Crippen LogP contribution in [0, 0.1) is 5.92 Å². The zero-order valence-electron chi connectivity index (χ0n) is 9.13. The van der Waals surface area contributed by atoms with Gasteiger partial charge in [0.2, 0.25) is 0 Å². The predicted octanol–water partition coefficient (Wildman–Crippen LogP) is 4.54. The van der Waals surface area contributed by atoms with E-state index >= 15 is 0 Å². The van der Waals surface area contributed by atoms with Crippen LogP contribution in [0.1, 0.15) is 38.3 Å². The Morgan fingerprint density at radius 2 is 1.93 bits per heavy atom. The number of nitrogens with two attached hydrogens (primary N) is 1. The molecule has 0 aliphatic carbocycles. The van der Waals surface area contributed by atoms with Crippen molar-refractivity contribution >= 4 is 27.5 Å². The van der Waals surface area contributed by atoms with Crippen molar-refractivity contribution in [2.24, 2.45) is 11.7 Å². The highest BCUT2D eigenvalue weighted by Gasteiger charge is 2.08. The van der Waals surface area contributed by atoms with Gasteiger partial charge in [0.1, 0.15) is 0 Å². The van der Waals surface area contributed by atoms with Crippen LogP contribution < -0.4 is 5.73 Å². The molecular formula is C12H17BrClN. The Labute approximate surface area is 105 Å². The van der Waals surface area contributed by atoms with E-state index in [9.17, 15) is 0 Å². The van der Waals surface area contributed by atoms with Gasteiger partial charge >= 0.3 is 0 Å². The maximum Gasteiger partial charge on any atom is 0.0420 e. The summed E-state index contributed by atoms with van der Waals surface area (Å²) >= 11 is 9.39. The molecule has 0 heterocycles. The largest absolute Gasteiger partial charge is 0.324 e. The lowest BCUT2D eigenvalue weighted by Gasteiger charge is -2.14. The summed E-state index contributed by atoms with van der Waals surface area (Å²) in [5.41, 5.74) is 7.21. The lowest BCUT2D eigenvalue weighted by molar-refractivity contribution is 0.507. The van der Waals surface area contributed by atoms with Gasteiger partial charge in [-0.2, -0.15) is 0 Å². The van der Waals surface area contributed by atoms with Crippen LogP contribution in [0.2, 0.25) is 5.02 Å². The van der Waals surface area contributed by atoms with Gasteiger partial charge in [-0.1, -0.05) is 41.4 Å². The number of halogens is 2. The van der Waals surface area contributed by atoms with Crippen molar-refractivity contribution in [1.29, 1.82) is 0 Å². The molecule has 0 bridgehead atoms. The Morgan fingerprint density at radius 1 is 1.27 bits per heavy atom. The molecule has 1 rings (SSSR count). The Morgan fingerprint density at radius 3 is 2.47 bits per heavy atom. The molecule has 1 aromatic rings. The maximum absolute atomic E-state index is 6.10. The number of benzene rings is 1. The number of hydrogen-bond acceptors (Lipinski definition) is 1. The van der Waals surface area contributed by atoms with Gasteiger partial charge in [0.15, 0.2) is 0 Å². The molecule has 0 aromatic heterocycles. The second-order valence-corrected chi connectivity index (χ2v) is 5.63. The lowest BCUT2D eigenvalue weighted by atomic mass is 9.98. The first-order chi connectivity index (χ1) is 6.99. The molecule has 0 fully saturated rings. The maximum atomic E-state index is 6.10. The van der Waals surface area contributed by atoms with Gasteiger partial charge in [-0.25, -0.2) is 0 Å². The molecule has 0 aliphatic heterocycles. The van der Waals surface area contributed by atoms with Crippen LogP contribution in [0.25, 0.3) is 0 Å². The van der Waals surface area contributed by atoms with Crippen LogP contribution in [0.15, 0.2) is 22.7 Å². The van der Waals surface area contributed by atoms with Crippen LogP contribution in [-0.4, -0.2) is 0 Å². The molecule has 1 atom stereocenters. The monoisotopic (exact) mass is 289 g/mol. The average Bonchev–Trinajstić information content (AvgIpc) is 2.12. The molecule has 3 heteroatoms. The zero-order chi connectivity index (χ0) is 11.4. The van der Waals surface area contributed by atoms with Gasteiger partial charge < -0.3 is 5.73 Å². The fourth-order valence-corrected chi connectivity index (χ4v) is 2.36. The molecule has 15 heavy (non-hydrogen) atoms. The average molecular weight is 291 g/mol. The summed E-state index contributed by atoms with van der Waals surface area (Å²) in [6.45, 7) is 4.42. The smallest absolute Gasteiger partial charge is 0.0420 e. The normalized spacial score (nSPS) is 13.2. The van der Waals surface area contributed by atoms with Crippen LogP contribution in [0.5, 0.6) is 0 Å². The van der Waals surface area contributed by atoms with Crippen LogP contribution in [0.4, 0.5) is 0 Å². The van der Waals surface area contributed by atoms with Crippen LogP contribution in [0.3, 0.4) is 0 Å². The van der Waals surface area contributed by atoms with Crippen molar-refractivity contribution in [3.63, 3.8) is 0 Å². The summed E-state index contributed by atoms with van der Waals surface area (Å²) in [6, 6.07) is 5.94. The minimum Gasteiger partial charge on any atom is -0.324 e. The van der Waals surface area contributed by atoms with Crippen molar-refractivity contribution in [3.8, 4) is 0 Å². The Kier molecular flexibility index (Phi) is 5.10. The van der Waals surface area contributed by atoms with Gasteiger partial charge in [0.25, 0.3) is 0 Å². The molecule has 1 aromatic carbocycles. The van der Waals surface area contributed by atoms with E-state index in [4.69, 9.17) is 17.3 Å². The second-order valence-electron chi connectivity index (χ2n) is 4.28. The fourth-order valence-electron chi connectivity index (χ4n) is 1.47. The summed E-state index contributed by atoms with van der Waals surface area (Å²) in [5, 5.41) is 0.736. The first kappa shape index (κ1) is 13.0. The van der Waals surface area contributed by atoms with E-state index in [1.165, 1.54) is 0 Å². The van der Waals surface area contributed by atoms with E-state index in [1.54, 1.807) is 0 Å². The van der Waals surface area contributed by atoms with Gasteiger partial charge in [0, 0.05) is 15.5 Å². The topological polar surface area (TPSA) is 26.0 Å². The van der Waals surface area contributed by atoms with Crippen LogP contribution in [-0.2, 0) is 0 Å². The van der Waals surface area contributed by atoms with Gasteiger partial charge in [-0.3, -0.25) is 0 Å². The summed E-state index contributed by atoms with van der Waals surface area (Å²) < 4.78 is 0.991. The Bertz CT molecular complexity index is 305. The molecule has 0 aliphatic rings. The molecule has 0 spiro atoms. The molecular weight excluding hydrogens is 273 g/mol. The van der Waals surface area contributed by atoms with Gasteiger partial charge in [-0.15, -0.1) is 0 Å². The molecule has 0 amide bonds. The standard InChI is InChI=1S/C12H17BrClN/c1-8(2)3-4-12(15)9-5-10(13)7-11(14)6-9/h5-8,12H,3-4,15H2,1-2H3. The van der Waals surface area contributed by atoms with Crippen molar-refractivity contribution in [2.75, 3.05) is 0 Å². The fraction of sp³-hybridized carbons (Fsp3) is 0.500. The third-order valence-electron chi connectivity index (χ3n) is 2.37. The summed E-state index contributed by atoms with van der Waals surface area (Å²) in [5.74, 6) is 0.693. The SMILES string of the molecule is CC(C)CCC(N)c1cc(Cl)cc(Br)c1. The second kappa shape index (κ2) is 5.88. The minimum atomic E-state index is 0.0856. The predicted molar refractivity (Wildman–Crippen MR) is 70.2 cm³/mol. The molecule has 1 unspecified atom stereocenters. The molecule has 0 saturated heterocycles. The highest BCUT2D eigenvalue weighted by atomic mass is 79.9. The van der Waals surface area contributed by atoms with Crippen molar-refractivity contribution in [2.45, 2.75) is 32.7 Å². The summed E-state index contributed by atoms with van der Waals surface area (Å²) in [4.78, 5) is 0. The number of rotatable bonds is 4. The van der Waals surface area contributed by atoms with E-state index in [0.29, 0.717) is 5.92 Å². The third kappa shape index (κ3) is 4.54. The van der Waals surface area contributed by atoms with Crippen molar-refractivity contribution < 1.29 is 0 Å². The molecule has 2 N–H and O–H groups in total. The lowest BCUT2D eigenvalue weighted by Crippen LogP contribution is -2.11. The number of hydrogen-bond donors (Lipinski definition) is 1.